The second kappa shape index (κ2) is 6.24. The number of hydrogen-bond donors (Lipinski definition) is 1. The summed E-state index contributed by atoms with van der Waals surface area (Å²) in [6.07, 6.45) is 4.09. The van der Waals surface area contributed by atoms with Gasteiger partial charge in [-0.25, -0.2) is 0 Å². The fourth-order valence-electron chi connectivity index (χ4n) is 3.33. The summed E-state index contributed by atoms with van der Waals surface area (Å²) in [4.78, 5) is 0. The molecule has 2 heterocycles. The minimum absolute atomic E-state index is 0.0642. The van der Waals surface area contributed by atoms with Crippen molar-refractivity contribution in [2.24, 2.45) is 0 Å². The number of fused-ring (bicyclic) bond motifs is 1. The summed E-state index contributed by atoms with van der Waals surface area (Å²) in [6, 6.07) is 6.47. The first-order valence-corrected chi connectivity index (χ1v) is 7.94. The van der Waals surface area contributed by atoms with Gasteiger partial charge in [-0.15, -0.1) is 0 Å². The highest BCUT2D eigenvalue weighted by molar-refractivity contribution is 5.44. The average Bonchev–Trinajstić information content (AvgIpc) is 2.53. The van der Waals surface area contributed by atoms with Crippen molar-refractivity contribution in [3.63, 3.8) is 0 Å². The first kappa shape index (κ1) is 14.7. The lowest BCUT2D eigenvalue weighted by atomic mass is 9.82. The van der Waals surface area contributed by atoms with Crippen molar-refractivity contribution in [1.29, 1.82) is 0 Å². The van der Waals surface area contributed by atoms with Gasteiger partial charge in [-0.2, -0.15) is 0 Å². The first-order chi connectivity index (χ1) is 10.3. The molecule has 1 fully saturated rings. The van der Waals surface area contributed by atoms with E-state index in [9.17, 15) is 0 Å². The largest absolute Gasteiger partial charge is 0.497 e. The molecule has 1 atom stereocenters. The summed E-state index contributed by atoms with van der Waals surface area (Å²) in [5.74, 6) is 1.89. The van der Waals surface area contributed by atoms with Crippen LogP contribution in [0.2, 0.25) is 0 Å². The van der Waals surface area contributed by atoms with Gasteiger partial charge in [0, 0.05) is 30.9 Å². The van der Waals surface area contributed by atoms with Gasteiger partial charge in [-0.05, 0) is 31.2 Å². The monoisotopic (exact) mass is 291 g/mol. The van der Waals surface area contributed by atoms with E-state index in [4.69, 9.17) is 14.2 Å². The van der Waals surface area contributed by atoms with Crippen LogP contribution in [0, 0.1) is 0 Å². The Morgan fingerprint density at radius 1 is 1.33 bits per heavy atom. The van der Waals surface area contributed by atoms with Crippen LogP contribution in [0.5, 0.6) is 11.5 Å². The highest BCUT2D eigenvalue weighted by Gasteiger charge is 2.42. The van der Waals surface area contributed by atoms with Crippen molar-refractivity contribution in [2.45, 2.75) is 44.2 Å². The molecule has 1 spiro atoms. The molecule has 0 radical (unpaired) electrons. The molecule has 2 aliphatic heterocycles. The predicted molar refractivity (Wildman–Crippen MR) is 82.1 cm³/mol. The molecule has 4 heteroatoms. The van der Waals surface area contributed by atoms with E-state index in [0.717, 1.165) is 56.9 Å². The smallest absolute Gasteiger partial charge is 0.125 e. The second-order valence-corrected chi connectivity index (χ2v) is 6.01. The quantitative estimate of drug-likeness (QED) is 0.925. The van der Waals surface area contributed by atoms with Crippen molar-refractivity contribution in [3.8, 4) is 11.5 Å². The van der Waals surface area contributed by atoms with E-state index >= 15 is 0 Å². The molecular formula is C17H25NO3. The molecule has 116 valence electrons. The lowest BCUT2D eigenvalue weighted by Crippen LogP contribution is -2.48. The number of methoxy groups -OCH3 is 1. The van der Waals surface area contributed by atoms with Gasteiger partial charge in [-0.3, -0.25) is 0 Å². The standard InChI is InChI=1S/C17H25NO3/c1-3-8-18-15-12-17(6-9-20-10-7-17)21-16-5-4-13(19-2)11-14(15)16/h4-5,11,15,18H,3,6-10,12H2,1-2H3. The fraction of sp³-hybridized carbons (Fsp3) is 0.647. The zero-order chi connectivity index (χ0) is 14.7. The number of ether oxygens (including phenoxy) is 3. The molecule has 1 unspecified atom stereocenters. The van der Waals surface area contributed by atoms with Gasteiger partial charge in [0.15, 0.2) is 0 Å². The van der Waals surface area contributed by atoms with Crippen LogP contribution in [0.15, 0.2) is 18.2 Å². The molecule has 0 bridgehead atoms. The molecule has 21 heavy (non-hydrogen) atoms. The number of benzene rings is 1. The second-order valence-electron chi connectivity index (χ2n) is 6.01. The lowest BCUT2D eigenvalue weighted by molar-refractivity contribution is -0.0646. The summed E-state index contributed by atoms with van der Waals surface area (Å²) in [5, 5.41) is 3.67. The number of rotatable bonds is 4. The van der Waals surface area contributed by atoms with E-state index in [1.807, 2.05) is 12.1 Å². The van der Waals surface area contributed by atoms with Crippen molar-refractivity contribution < 1.29 is 14.2 Å². The molecule has 1 aromatic rings. The molecule has 1 aromatic carbocycles. The van der Waals surface area contributed by atoms with Gasteiger partial charge >= 0.3 is 0 Å². The summed E-state index contributed by atoms with van der Waals surface area (Å²) in [7, 11) is 1.71. The SMILES string of the molecule is CCCNC1CC2(CCOCC2)Oc2ccc(OC)cc21. The van der Waals surface area contributed by atoms with Crippen LogP contribution in [0.3, 0.4) is 0 Å². The van der Waals surface area contributed by atoms with E-state index in [-0.39, 0.29) is 5.60 Å². The topological polar surface area (TPSA) is 39.7 Å². The maximum absolute atomic E-state index is 6.39. The fourth-order valence-corrected chi connectivity index (χ4v) is 3.33. The third-order valence-corrected chi connectivity index (χ3v) is 4.54. The highest BCUT2D eigenvalue weighted by Crippen LogP contribution is 2.45. The van der Waals surface area contributed by atoms with Crippen molar-refractivity contribution >= 4 is 0 Å². The Balaban J connectivity index is 1.90. The molecule has 2 aliphatic rings. The summed E-state index contributed by atoms with van der Waals surface area (Å²) < 4.78 is 17.3. The molecule has 4 nitrogen and oxygen atoms in total. The van der Waals surface area contributed by atoms with Gasteiger partial charge in [0.1, 0.15) is 17.1 Å². The average molecular weight is 291 g/mol. The maximum atomic E-state index is 6.39. The summed E-state index contributed by atoms with van der Waals surface area (Å²) >= 11 is 0. The first-order valence-electron chi connectivity index (χ1n) is 7.94. The van der Waals surface area contributed by atoms with Crippen molar-refractivity contribution in [1.82, 2.24) is 5.32 Å². The van der Waals surface area contributed by atoms with Gasteiger partial charge in [0.25, 0.3) is 0 Å². The van der Waals surface area contributed by atoms with E-state index in [1.165, 1.54) is 5.56 Å². The highest BCUT2D eigenvalue weighted by atomic mass is 16.5. The molecule has 0 amide bonds. The van der Waals surface area contributed by atoms with Gasteiger partial charge in [-0.1, -0.05) is 6.92 Å². The van der Waals surface area contributed by atoms with Gasteiger partial charge in [0.2, 0.25) is 0 Å². The molecule has 1 saturated heterocycles. The van der Waals surface area contributed by atoms with Crippen LogP contribution in [-0.4, -0.2) is 32.5 Å². The normalized spacial score (nSPS) is 23.4. The van der Waals surface area contributed by atoms with Gasteiger partial charge < -0.3 is 19.5 Å². The number of nitrogens with one attached hydrogen (secondary N) is 1. The summed E-state index contributed by atoms with van der Waals surface area (Å²) in [6.45, 7) is 4.81. The molecular weight excluding hydrogens is 266 g/mol. The van der Waals surface area contributed by atoms with Crippen LogP contribution >= 0.6 is 0 Å². The predicted octanol–water partition coefficient (Wildman–Crippen LogP) is 3.07. The third kappa shape index (κ3) is 3.01. The Morgan fingerprint density at radius 3 is 2.86 bits per heavy atom. The van der Waals surface area contributed by atoms with E-state index in [0.29, 0.717) is 6.04 Å². The van der Waals surface area contributed by atoms with Crippen molar-refractivity contribution in [3.05, 3.63) is 23.8 Å². The van der Waals surface area contributed by atoms with E-state index in [2.05, 4.69) is 18.3 Å². The minimum atomic E-state index is -0.0642. The zero-order valence-electron chi connectivity index (χ0n) is 13.0. The van der Waals surface area contributed by atoms with Crippen LogP contribution in [0.25, 0.3) is 0 Å². The van der Waals surface area contributed by atoms with E-state index in [1.54, 1.807) is 7.11 Å². The van der Waals surface area contributed by atoms with Crippen LogP contribution in [0.4, 0.5) is 0 Å². The molecule has 1 N–H and O–H groups in total. The Kier molecular flexibility index (Phi) is 4.36. The summed E-state index contributed by atoms with van der Waals surface area (Å²) in [5.41, 5.74) is 1.16. The van der Waals surface area contributed by atoms with Crippen LogP contribution < -0.4 is 14.8 Å². The minimum Gasteiger partial charge on any atom is -0.497 e. The Bertz CT molecular complexity index is 483. The van der Waals surface area contributed by atoms with Crippen molar-refractivity contribution in [2.75, 3.05) is 26.9 Å². The number of hydrogen-bond acceptors (Lipinski definition) is 4. The van der Waals surface area contributed by atoms with Gasteiger partial charge in [0.05, 0.1) is 20.3 Å². The third-order valence-electron chi connectivity index (χ3n) is 4.54. The zero-order valence-corrected chi connectivity index (χ0v) is 13.0. The molecule has 0 saturated carbocycles. The Hall–Kier alpha value is -1.26. The maximum Gasteiger partial charge on any atom is 0.125 e. The molecule has 0 aromatic heterocycles. The Morgan fingerprint density at radius 2 is 2.14 bits per heavy atom. The van der Waals surface area contributed by atoms with Crippen LogP contribution in [-0.2, 0) is 4.74 Å². The molecule has 3 rings (SSSR count). The Labute approximate surface area is 126 Å². The van der Waals surface area contributed by atoms with Crippen LogP contribution in [0.1, 0.15) is 44.2 Å². The molecule has 0 aliphatic carbocycles. The van der Waals surface area contributed by atoms with E-state index < -0.39 is 0 Å². The lowest BCUT2D eigenvalue weighted by Gasteiger charge is -2.44.